The smallest absolute Gasteiger partial charge is 0.0637 e. The molecular weight excluding hydrogens is 246 g/mol. The summed E-state index contributed by atoms with van der Waals surface area (Å²) in [5.41, 5.74) is 1.19. The minimum absolute atomic E-state index is 0.376. The summed E-state index contributed by atoms with van der Waals surface area (Å²) < 4.78 is 0. The summed E-state index contributed by atoms with van der Waals surface area (Å²) >= 11 is 6.29. The lowest BCUT2D eigenvalue weighted by Crippen LogP contribution is -2.45. The number of pyridine rings is 1. The Kier molecular flexibility index (Phi) is 5.17. The van der Waals surface area contributed by atoms with Gasteiger partial charge in [0.1, 0.15) is 0 Å². The lowest BCUT2D eigenvalue weighted by Gasteiger charge is -2.35. The summed E-state index contributed by atoms with van der Waals surface area (Å²) in [5.74, 6) is 0. The van der Waals surface area contributed by atoms with Crippen LogP contribution in [0.3, 0.4) is 0 Å². The standard InChI is InChI=1S/C14H20ClN3/c1-2-3-4-14(18-9-7-16-8-10-18)12-5-6-17-11-13(12)15/h2,5-6,11,14,16H,1,3-4,7-10H2/t14-/m0/s1. The number of nitrogens with one attached hydrogen (secondary N) is 1. The van der Waals surface area contributed by atoms with Gasteiger partial charge in [-0.1, -0.05) is 17.7 Å². The second kappa shape index (κ2) is 6.88. The van der Waals surface area contributed by atoms with Crippen molar-refractivity contribution in [2.24, 2.45) is 0 Å². The summed E-state index contributed by atoms with van der Waals surface area (Å²) in [5, 5.41) is 4.15. The van der Waals surface area contributed by atoms with Gasteiger partial charge in [-0.05, 0) is 24.5 Å². The van der Waals surface area contributed by atoms with E-state index >= 15 is 0 Å². The Morgan fingerprint density at radius 1 is 1.50 bits per heavy atom. The van der Waals surface area contributed by atoms with Crippen LogP contribution in [0, 0.1) is 0 Å². The van der Waals surface area contributed by atoms with E-state index in [1.807, 2.05) is 18.3 Å². The van der Waals surface area contributed by atoms with Crippen molar-refractivity contribution in [3.63, 3.8) is 0 Å². The fourth-order valence-corrected chi connectivity index (χ4v) is 2.71. The van der Waals surface area contributed by atoms with Crippen LogP contribution in [-0.2, 0) is 0 Å². The molecule has 18 heavy (non-hydrogen) atoms. The molecule has 1 aromatic rings. The molecule has 3 nitrogen and oxygen atoms in total. The molecule has 1 atom stereocenters. The number of allylic oxidation sites excluding steroid dienone is 1. The van der Waals surface area contributed by atoms with E-state index < -0.39 is 0 Å². The predicted molar refractivity (Wildman–Crippen MR) is 75.9 cm³/mol. The molecule has 2 heterocycles. The van der Waals surface area contributed by atoms with Gasteiger partial charge in [-0.25, -0.2) is 0 Å². The highest BCUT2D eigenvalue weighted by molar-refractivity contribution is 6.31. The van der Waals surface area contributed by atoms with Gasteiger partial charge in [-0.2, -0.15) is 0 Å². The van der Waals surface area contributed by atoms with E-state index in [1.165, 1.54) is 5.56 Å². The fraction of sp³-hybridized carbons (Fsp3) is 0.500. The highest BCUT2D eigenvalue weighted by Crippen LogP contribution is 2.30. The van der Waals surface area contributed by atoms with Crippen molar-refractivity contribution < 1.29 is 0 Å². The zero-order valence-electron chi connectivity index (χ0n) is 10.6. The highest BCUT2D eigenvalue weighted by Gasteiger charge is 2.23. The summed E-state index contributed by atoms with van der Waals surface area (Å²) in [7, 11) is 0. The molecule has 1 aliphatic heterocycles. The lowest BCUT2D eigenvalue weighted by atomic mass is 10.0. The van der Waals surface area contributed by atoms with Crippen molar-refractivity contribution >= 4 is 11.6 Å². The monoisotopic (exact) mass is 265 g/mol. The zero-order valence-corrected chi connectivity index (χ0v) is 11.4. The number of hydrogen-bond acceptors (Lipinski definition) is 3. The number of hydrogen-bond donors (Lipinski definition) is 1. The van der Waals surface area contributed by atoms with Gasteiger partial charge in [-0.15, -0.1) is 6.58 Å². The fourth-order valence-electron chi connectivity index (χ4n) is 2.46. The Balaban J connectivity index is 2.18. The van der Waals surface area contributed by atoms with Crippen LogP contribution in [0.15, 0.2) is 31.1 Å². The van der Waals surface area contributed by atoms with E-state index in [2.05, 4.69) is 21.8 Å². The average molecular weight is 266 g/mol. The van der Waals surface area contributed by atoms with Gasteiger partial charge in [0.05, 0.1) is 5.02 Å². The third-order valence-electron chi connectivity index (χ3n) is 3.40. The van der Waals surface area contributed by atoms with Crippen LogP contribution in [0.4, 0.5) is 0 Å². The van der Waals surface area contributed by atoms with Crippen LogP contribution in [-0.4, -0.2) is 36.1 Å². The summed E-state index contributed by atoms with van der Waals surface area (Å²) in [6.07, 6.45) is 7.61. The SMILES string of the molecule is C=CCC[C@@H](c1ccncc1Cl)N1CCNCC1. The summed E-state index contributed by atoms with van der Waals surface area (Å²) in [6.45, 7) is 8.06. The Morgan fingerprint density at radius 3 is 2.94 bits per heavy atom. The molecule has 1 fully saturated rings. The number of nitrogens with zero attached hydrogens (tertiary/aromatic N) is 2. The van der Waals surface area contributed by atoms with Crippen molar-refractivity contribution in [1.29, 1.82) is 0 Å². The summed E-state index contributed by atoms with van der Waals surface area (Å²) in [4.78, 5) is 6.57. The number of rotatable bonds is 5. The van der Waals surface area contributed by atoms with Crippen LogP contribution >= 0.6 is 11.6 Å². The largest absolute Gasteiger partial charge is 0.314 e. The molecule has 1 saturated heterocycles. The Bertz CT molecular complexity index is 388. The zero-order chi connectivity index (χ0) is 12.8. The maximum Gasteiger partial charge on any atom is 0.0637 e. The molecule has 0 amide bonds. The van der Waals surface area contributed by atoms with Gasteiger partial charge in [0.15, 0.2) is 0 Å². The average Bonchev–Trinajstić information content (AvgIpc) is 2.42. The quantitative estimate of drug-likeness (QED) is 0.830. The van der Waals surface area contributed by atoms with Crippen LogP contribution in [0.5, 0.6) is 0 Å². The van der Waals surface area contributed by atoms with Gasteiger partial charge in [-0.3, -0.25) is 9.88 Å². The van der Waals surface area contributed by atoms with Gasteiger partial charge in [0.25, 0.3) is 0 Å². The maximum atomic E-state index is 6.29. The molecule has 0 aromatic carbocycles. The van der Waals surface area contributed by atoms with Crippen LogP contribution < -0.4 is 5.32 Å². The molecule has 0 saturated carbocycles. The molecule has 0 spiro atoms. The molecule has 1 aliphatic rings. The van der Waals surface area contributed by atoms with Crippen molar-refractivity contribution in [2.45, 2.75) is 18.9 Å². The minimum atomic E-state index is 0.376. The van der Waals surface area contributed by atoms with Crippen LogP contribution in [0.2, 0.25) is 5.02 Å². The number of halogens is 1. The molecule has 1 N–H and O–H groups in total. The third kappa shape index (κ3) is 3.31. The third-order valence-corrected chi connectivity index (χ3v) is 3.72. The molecular formula is C14H20ClN3. The Labute approximate surface area is 114 Å². The van der Waals surface area contributed by atoms with E-state index in [9.17, 15) is 0 Å². The van der Waals surface area contributed by atoms with E-state index in [-0.39, 0.29) is 0 Å². The molecule has 2 rings (SSSR count). The normalized spacial score (nSPS) is 18.5. The lowest BCUT2D eigenvalue weighted by molar-refractivity contribution is 0.166. The highest BCUT2D eigenvalue weighted by atomic mass is 35.5. The van der Waals surface area contributed by atoms with Crippen LogP contribution in [0.1, 0.15) is 24.4 Å². The first kappa shape index (κ1) is 13.5. The first-order chi connectivity index (χ1) is 8.83. The van der Waals surface area contributed by atoms with E-state index in [0.29, 0.717) is 6.04 Å². The first-order valence-electron chi connectivity index (χ1n) is 6.48. The van der Waals surface area contributed by atoms with Gasteiger partial charge >= 0.3 is 0 Å². The number of aromatic nitrogens is 1. The second-order valence-electron chi connectivity index (χ2n) is 4.56. The minimum Gasteiger partial charge on any atom is -0.314 e. The molecule has 0 radical (unpaired) electrons. The summed E-state index contributed by atoms with van der Waals surface area (Å²) in [6, 6.07) is 2.42. The van der Waals surface area contributed by atoms with Crippen molar-refractivity contribution in [3.05, 3.63) is 41.7 Å². The van der Waals surface area contributed by atoms with Crippen molar-refractivity contribution in [2.75, 3.05) is 26.2 Å². The molecule has 0 bridgehead atoms. The molecule has 98 valence electrons. The van der Waals surface area contributed by atoms with E-state index in [4.69, 9.17) is 11.6 Å². The van der Waals surface area contributed by atoms with Crippen LogP contribution in [0.25, 0.3) is 0 Å². The van der Waals surface area contributed by atoms with Crippen molar-refractivity contribution in [1.82, 2.24) is 15.2 Å². The molecule has 1 aromatic heterocycles. The Hall–Kier alpha value is -0.900. The number of piperazine rings is 1. The van der Waals surface area contributed by atoms with Gasteiger partial charge in [0.2, 0.25) is 0 Å². The van der Waals surface area contributed by atoms with E-state index in [0.717, 1.165) is 44.0 Å². The van der Waals surface area contributed by atoms with Gasteiger partial charge < -0.3 is 5.32 Å². The maximum absolute atomic E-state index is 6.29. The predicted octanol–water partition coefficient (Wildman–Crippen LogP) is 2.65. The topological polar surface area (TPSA) is 28.2 Å². The first-order valence-corrected chi connectivity index (χ1v) is 6.86. The second-order valence-corrected chi connectivity index (χ2v) is 4.97. The molecule has 0 aliphatic carbocycles. The van der Waals surface area contributed by atoms with Crippen molar-refractivity contribution in [3.8, 4) is 0 Å². The Morgan fingerprint density at radius 2 is 2.28 bits per heavy atom. The molecule has 0 unspecified atom stereocenters. The molecule has 4 heteroatoms. The van der Waals surface area contributed by atoms with Gasteiger partial charge in [0, 0.05) is 44.6 Å². The van der Waals surface area contributed by atoms with E-state index in [1.54, 1.807) is 6.20 Å².